The number of aromatic nitrogens is 2. The summed E-state index contributed by atoms with van der Waals surface area (Å²) in [4.78, 5) is 7.86. The first-order valence-corrected chi connectivity index (χ1v) is 5.57. The number of piperidine rings is 1. The molecule has 0 spiro atoms. The summed E-state index contributed by atoms with van der Waals surface area (Å²) in [6, 6.07) is 0. The van der Waals surface area contributed by atoms with E-state index in [4.69, 9.17) is 0 Å². The number of hydrogen-bond acceptors (Lipinski definition) is 4. The lowest BCUT2D eigenvalue weighted by atomic mass is 10.2. The summed E-state index contributed by atoms with van der Waals surface area (Å²) in [5.41, 5.74) is 0. The van der Waals surface area contributed by atoms with Gasteiger partial charge in [-0.05, 0) is 25.9 Å². The fraction of sp³-hybridized carbons (Fsp3) is 0.556. The molecule has 0 saturated carbocycles. The molecular formula is C9H12FN3S. The molecule has 1 aromatic heterocycles. The second-order valence-electron chi connectivity index (χ2n) is 3.25. The van der Waals surface area contributed by atoms with Gasteiger partial charge in [-0.15, -0.1) is 0 Å². The van der Waals surface area contributed by atoms with E-state index in [-0.39, 0.29) is 5.82 Å². The Morgan fingerprint density at radius 1 is 1.29 bits per heavy atom. The molecule has 0 aromatic carbocycles. The molecule has 1 fully saturated rings. The number of halogens is 1. The van der Waals surface area contributed by atoms with Crippen molar-refractivity contribution >= 4 is 11.8 Å². The molecule has 0 aliphatic carbocycles. The first-order chi connectivity index (χ1) is 6.84. The summed E-state index contributed by atoms with van der Waals surface area (Å²) in [6.07, 6.45) is 4.70. The lowest BCUT2D eigenvalue weighted by Gasteiger charge is -2.20. The maximum atomic E-state index is 12.5. The normalized spacial score (nSPS) is 18.4. The molecule has 0 atom stereocenters. The van der Waals surface area contributed by atoms with Crippen molar-refractivity contribution in [3.05, 3.63) is 18.2 Å². The van der Waals surface area contributed by atoms with Gasteiger partial charge in [0.25, 0.3) is 0 Å². The summed E-state index contributed by atoms with van der Waals surface area (Å²) in [5.74, 6) is -0.375. The van der Waals surface area contributed by atoms with E-state index in [1.165, 1.54) is 12.4 Å². The van der Waals surface area contributed by atoms with Gasteiger partial charge < -0.3 is 5.32 Å². The molecule has 14 heavy (non-hydrogen) atoms. The minimum atomic E-state index is -0.375. The Morgan fingerprint density at radius 3 is 2.57 bits per heavy atom. The number of thioether (sulfide) groups is 1. The minimum absolute atomic E-state index is 0.375. The van der Waals surface area contributed by atoms with Crippen LogP contribution in [0.15, 0.2) is 17.6 Å². The van der Waals surface area contributed by atoms with Crippen molar-refractivity contribution in [2.45, 2.75) is 23.2 Å². The average Bonchev–Trinajstić information content (AvgIpc) is 2.23. The van der Waals surface area contributed by atoms with Crippen molar-refractivity contribution in [2.24, 2.45) is 0 Å². The van der Waals surface area contributed by atoms with Crippen LogP contribution in [-0.4, -0.2) is 28.3 Å². The van der Waals surface area contributed by atoms with Crippen LogP contribution < -0.4 is 5.32 Å². The molecule has 1 saturated heterocycles. The largest absolute Gasteiger partial charge is 0.317 e. The molecule has 1 aromatic rings. The van der Waals surface area contributed by atoms with E-state index < -0.39 is 0 Å². The zero-order valence-corrected chi connectivity index (χ0v) is 8.56. The maximum absolute atomic E-state index is 12.5. The lowest BCUT2D eigenvalue weighted by Crippen LogP contribution is -2.29. The highest BCUT2D eigenvalue weighted by molar-refractivity contribution is 7.99. The molecule has 0 unspecified atom stereocenters. The average molecular weight is 213 g/mol. The summed E-state index contributed by atoms with van der Waals surface area (Å²) in [5, 5.41) is 4.55. The van der Waals surface area contributed by atoms with E-state index >= 15 is 0 Å². The maximum Gasteiger partial charge on any atom is 0.187 e. The molecule has 3 nitrogen and oxygen atoms in total. The number of hydrogen-bond donors (Lipinski definition) is 1. The first kappa shape index (κ1) is 9.86. The number of nitrogens with zero attached hydrogens (tertiary/aromatic N) is 2. The highest BCUT2D eigenvalue weighted by Gasteiger charge is 2.15. The second-order valence-corrected chi connectivity index (χ2v) is 4.52. The summed E-state index contributed by atoms with van der Waals surface area (Å²) in [7, 11) is 0. The van der Waals surface area contributed by atoms with Crippen molar-refractivity contribution in [1.82, 2.24) is 15.3 Å². The Bertz CT molecular complexity index is 285. The summed E-state index contributed by atoms with van der Waals surface area (Å²) >= 11 is 1.64. The highest BCUT2D eigenvalue weighted by atomic mass is 32.2. The van der Waals surface area contributed by atoms with E-state index in [0.29, 0.717) is 10.4 Å². The Hall–Kier alpha value is -0.680. The molecule has 0 radical (unpaired) electrons. The van der Waals surface area contributed by atoms with Crippen molar-refractivity contribution in [3.8, 4) is 0 Å². The second kappa shape index (κ2) is 4.70. The summed E-state index contributed by atoms with van der Waals surface area (Å²) < 4.78 is 12.5. The predicted molar refractivity (Wildman–Crippen MR) is 53.7 cm³/mol. The van der Waals surface area contributed by atoms with E-state index in [1.807, 2.05) is 0 Å². The Balaban J connectivity index is 1.92. The van der Waals surface area contributed by atoms with Gasteiger partial charge in [0.05, 0.1) is 12.4 Å². The topological polar surface area (TPSA) is 37.8 Å². The third-order valence-corrected chi connectivity index (χ3v) is 3.38. The molecule has 0 bridgehead atoms. The predicted octanol–water partition coefficient (Wildman–Crippen LogP) is 1.46. The van der Waals surface area contributed by atoms with Crippen LogP contribution in [0.5, 0.6) is 0 Å². The van der Waals surface area contributed by atoms with Gasteiger partial charge in [-0.2, -0.15) is 0 Å². The van der Waals surface area contributed by atoms with Crippen LogP contribution in [0.25, 0.3) is 0 Å². The molecule has 1 N–H and O–H groups in total. The Morgan fingerprint density at radius 2 is 1.93 bits per heavy atom. The van der Waals surface area contributed by atoms with E-state index in [9.17, 15) is 4.39 Å². The standard InChI is InChI=1S/C9H12FN3S/c10-7-5-12-9(13-6-7)14-8-1-3-11-4-2-8/h5-6,8,11H,1-4H2. The van der Waals surface area contributed by atoms with Crippen molar-refractivity contribution in [1.29, 1.82) is 0 Å². The molecule has 0 amide bonds. The van der Waals surface area contributed by atoms with E-state index in [1.54, 1.807) is 11.8 Å². The van der Waals surface area contributed by atoms with Gasteiger partial charge >= 0.3 is 0 Å². The third kappa shape index (κ3) is 2.65. The quantitative estimate of drug-likeness (QED) is 0.755. The molecule has 2 heterocycles. The fourth-order valence-electron chi connectivity index (χ4n) is 1.42. The first-order valence-electron chi connectivity index (χ1n) is 4.69. The van der Waals surface area contributed by atoms with Gasteiger partial charge in [0, 0.05) is 5.25 Å². The molecule has 1 aliphatic heterocycles. The van der Waals surface area contributed by atoms with Crippen molar-refractivity contribution in [3.63, 3.8) is 0 Å². The van der Waals surface area contributed by atoms with Crippen molar-refractivity contribution in [2.75, 3.05) is 13.1 Å². The summed E-state index contributed by atoms with van der Waals surface area (Å²) in [6.45, 7) is 2.11. The van der Waals surface area contributed by atoms with E-state index in [2.05, 4.69) is 15.3 Å². The molecule has 2 rings (SSSR count). The van der Waals surface area contributed by atoms with E-state index in [0.717, 1.165) is 25.9 Å². The van der Waals surface area contributed by atoms with Crippen LogP contribution in [-0.2, 0) is 0 Å². The highest BCUT2D eigenvalue weighted by Crippen LogP contribution is 2.25. The third-order valence-electron chi connectivity index (χ3n) is 2.15. The zero-order chi connectivity index (χ0) is 9.80. The van der Waals surface area contributed by atoms with Crippen LogP contribution in [0.2, 0.25) is 0 Å². The van der Waals surface area contributed by atoms with Gasteiger partial charge in [-0.3, -0.25) is 0 Å². The smallest absolute Gasteiger partial charge is 0.187 e. The SMILES string of the molecule is Fc1cnc(SC2CCNCC2)nc1. The monoisotopic (exact) mass is 213 g/mol. The van der Waals surface area contributed by atoms with Crippen LogP contribution in [0.1, 0.15) is 12.8 Å². The lowest BCUT2D eigenvalue weighted by molar-refractivity contribution is 0.530. The van der Waals surface area contributed by atoms with Gasteiger partial charge in [0.1, 0.15) is 0 Å². The molecular weight excluding hydrogens is 201 g/mol. The van der Waals surface area contributed by atoms with Crippen LogP contribution >= 0.6 is 11.8 Å². The van der Waals surface area contributed by atoms with Gasteiger partial charge in [-0.25, -0.2) is 14.4 Å². The van der Waals surface area contributed by atoms with Gasteiger partial charge in [0.2, 0.25) is 0 Å². The van der Waals surface area contributed by atoms with Crippen LogP contribution in [0.4, 0.5) is 4.39 Å². The van der Waals surface area contributed by atoms with Crippen LogP contribution in [0, 0.1) is 5.82 Å². The number of nitrogens with one attached hydrogen (secondary N) is 1. The molecule has 1 aliphatic rings. The molecule has 5 heteroatoms. The minimum Gasteiger partial charge on any atom is -0.317 e. The van der Waals surface area contributed by atoms with Crippen molar-refractivity contribution < 1.29 is 4.39 Å². The zero-order valence-electron chi connectivity index (χ0n) is 7.74. The van der Waals surface area contributed by atoms with Gasteiger partial charge in [-0.1, -0.05) is 11.8 Å². The van der Waals surface area contributed by atoms with Gasteiger partial charge in [0.15, 0.2) is 11.0 Å². The Kier molecular flexibility index (Phi) is 3.31. The van der Waals surface area contributed by atoms with Crippen LogP contribution in [0.3, 0.4) is 0 Å². The number of rotatable bonds is 2. The Labute approximate surface area is 86.5 Å². The fourth-order valence-corrected chi connectivity index (χ4v) is 2.42. The molecule has 76 valence electrons.